The number of sulfonamides is 1. The van der Waals surface area contributed by atoms with Crippen LogP contribution < -0.4 is 25.8 Å². The summed E-state index contributed by atoms with van der Waals surface area (Å²) in [4.78, 5) is 55.2. The molecule has 0 radical (unpaired) electrons. The number of nitrogens with one attached hydrogen (secondary N) is 3. The van der Waals surface area contributed by atoms with Crippen molar-refractivity contribution in [3.63, 3.8) is 0 Å². The molecule has 13 nitrogen and oxygen atoms in total. The van der Waals surface area contributed by atoms with E-state index in [0.29, 0.717) is 11.3 Å². The van der Waals surface area contributed by atoms with Crippen molar-refractivity contribution in [3.8, 4) is 17.6 Å². The number of anilines is 1. The lowest BCUT2D eigenvalue weighted by Gasteiger charge is -2.26. The van der Waals surface area contributed by atoms with Gasteiger partial charge in [-0.15, -0.1) is 0 Å². The average molecular weight is 513 g/mol. The van der Waals surface area contributed by atoms with Gasteiger partial charge in [-0.05, 0) is 23.8 Å². The molecule has 14 heteroatoms. The number of nitrogen functional groups attached to an aromatic ring is 1. The van der Waals surface area contributed by atoms with Crippen molar-refractivity contribution < 1.29 is 32.3 Å². The van der Waals surface area contributed by atoms with Crippen LogP contribution in [0.1, 0.15) is 31.8 Å². The molecule has 5 amide bonds. The number of nitrogens with two attached hydrogens (primary N) is 1. The zero-order valence-corrected chi connectivity index (χ0v) is 19.9. The number of rotatable bonds is 5. The van der Waals surface area contributed by atoms with E-state index in [1.54, 1.807) is 22.9 Å². The number of hydrogen-bond donors (Lipinski definition) is 4. The molecule has 5 N–H and O–H groups in total. The molecule has 2 aliphatic rings. The first-order valence-corrected chi connectivity index (χ1v) is 12.2. The van der Waals surface area contributed by atoms with E-state index < -0.39 is 33.4 Å². The summed E-state index contributed by atoms with van der Waals surface area (Å²) < 4.78 is 29.7. The number of nitrogens with zero attached hydrogens (tertiary/aromatic N) is 2. The van der Waals surface area contributed by atoms with Crippen molar-refractivity contribution in [2.45, 2.75) is 12.1 Å². The van der Waals surface area contributed by atoms with Gasteiger partial charge in [0.25, 0.3) is 17.7 Å². The monoisotopic (exact) mass is 512 g/mol. The molecule has 0 aliphatic carbocycles. The molecule has 0 bridgehead atoms. The van der Waals surface area contributed by atoms with Crippen molar-refractivity contribution in [1.82, 2.24) is 25.2 Å². The highest BCUT2D eigenvalue weighted by molar-refractivity contribution is 7.89. The van der Waals surface area contributed by atoms with Gasteiger partial charge in [0.1, 0.15) is 11.6 Å². The number of fused-ring (bicyclic) bond motifs is 1. The molecule has 1 fully saturated rings. The minimum Gasteiger partial charge on any atom is -0.497 e. The maximum Gasteiger partial charge on any atom is 0.323 e. The summed E-state index contributed by atoms with van der Waals surface area (Å²) in [5, 5.41) is 4.59. The minimum atomic E-state index is -3.86. The van der Waals surface area contributed by atoms with Crippen LogP contribution in [-0.4, -0.2) is 67.5 Å². The van der Waals surface area contributed by atoms with Crippen LogP contribution in [0, 0.1) is 11.8 Å². The van der Waals surface area contributed by atoms with Crippen LogP contribution in [0.2, 0.25) is 0 Å². The molecule has 2 aliphatic heterocycles. The van der Waals surface area contributed by atoms with Crippen molar-refractivity contribution in [3.05, 3.63) is 52.7 Å². The number of amides is 5. The summed E-state index contributed by atoms with van der Waals surface area (Å²) in [7, 11) is -2.38. The number of carbonyl (C=O) groups is 4. The van der Waals surface area contributed by atoms with Gasteiger partial charge in [0.2, 0.25) is 15.6 Å². The maximum absolute atomic E-state index is 13.0. The first kappa shape index (κ1) is 24.5. The molecule has 1 saturated heterocycles. The Morgan fingerprint density at radius 2 is 2.06 bits per heavy atom. The fourth-order valence-electron chi connectivity index (χ4n) is 3.74. The third-order valence-electron chi connectivity index (χ3n) is 5.43. The fourth-order valence-corrected chi connectivity index (χ4v) is 4.19. The van der Waals surface area contributed by atoms with Gasteiger partial charge in [0.15, 0.2) is 0 Å². The molecule has 36 heavy (non-hydrogen) atoms. The number of benzene rings is 1. The summed E-state index contributed by atoms with van der Waals surface area (Å²) in [6.07, 6.45) is 2.02. The molecule has 1 unspecified atom stereocenters. The third-order valence-corrected chi connectivity index (χ3v) is 5.98. The van der Waals surface area contributed by atoms with Crippen molar-refractivity contribution >= 4 is 39.6 Å². The van der Waals surface area contributed by atoms with Crippen molar-refractivity contribution in [2.24, 2.45) is 0 Å². The van der Waals surface area contributed by atoms with Gasteiger partial charge in [-0.1, -0.05) is 17.9 Å². The topological polar surface area (TPSA) is 190 Å². The van der Waals surface area contributed by atoms with Crippen molar-refractivity contribution in [1.29, 1.82) is 0 Å². The molecule has 1 aromatic heterocycles. The highest BCUT2D eigenvalue weighted by atomic mass is 32.2. The first-order chi connectivity index (χ1) is 16.9. The molecule has 0 spiro atoms. The predicted molar refractivity (Wildman–Crippen MR) is 125 cm³/mol. The second kappa shape index (κ2) is 8.86. The highest BCUT2D eigenvalue weighted by Crippen LogP contribution is 2.28. The summed E-state index contributed by atoms with van der Waals surface area (Å²) in [5.41, 5.74) is 4.88. The number of carbonyl (C=O) groups excluding carboxylic acids is 4. The first-order valence-electron chi connectivity index (χ1n) is 10.3. The Morgan fingerprint density at radius 3 is 2.69 bits per heavy atom. The van der Waals surface area contributed by atoms with Gasteiger partial charge in [-0.2, -0.15) is 0 Å². The zero-order chi connectivity index (χ0) is 26.3. The van der Waals surface area contributed by atoms with E-state index in [1.807, 2.05) is 0 Å². The van der Waals surface area contributed by atoms with Crippen LogP contribution in [0.15, 0.2) is 30.5 Å². The SMILES string of the molecule is COc1ccc2c(c1)C(=O)N(CC1(C#Cc3cnc(N)c(C(=O)NS(C)(=O)=O)c3)NC(=O)NC1=O)C2. The lowest BCUT2D eigenvalue weighted by molar-refractivity contribution is -0.122. The number of hydrogen-bond acceptors (Lipinski definition) is 9. The third kappa shape index (κ3) is 4.77. The van der Waals surface area contributed by atoms with Gasteiger partial charge >= 0.3 is 6.03 Å². The standard InChI is InChI=1S/C22H20N6O7S/c1-35-14-4-3-13-10-28(19(30)15(13)8-14)11-22(20(31)25-21(32)26-22)6-5-12-7-16(17(23)24-9-12)18(29)27-36(2,33)34/h3-4,7-9H,10-11H2,1-2H3,(H2,23,24)(H,27,29)(H2,25,26,31,32). The molecular formula is C22H20N6O7S. The van der Waals surface area contributed by atoms with E-state index in [1.165, 1.54) is 24.3 Å². The normalized spacial score (nSPS) is 18.6. The van der Waals surface area contributed by atoms with Crippen LogP contribution in [0.25, 0.3) is 0 Å². The highest BCUT2D eigenvalue weighted by Gasteiger charge is 2.48. The van der Waals surface area contributed by atoms with Crippen LogP contribution in [-0.2, 0) is 21.4 Å². The van der Waals surface area contributed by atoms with Crippen LogP contribution in [0.3, 0.4) is 0 Å². The van der Waals surface area contributed by atoms with E-state index in [9.17, 15) is 27.6 Å². The fraction of sp³-hybridized carbons (Fsp3) is 0.227. The maximum atomic E-state index is 13.0. The number of imide groups is 1. The second-order valence-electron chi connectivity index (χ2n) is 8.11. The summed E-state index contributed by atoms with van der Waals surface area (Å²) in [6.45, 7) is -0.0821. The number of aromatic nitrogens is 1. The Hall–Kier alpha value is -4.64. The van der Waals surface area contributed by atoms with Crippen LogP contribution >= 0.6 is 0 Å². The molecule has 186 valence electrons. The van der Waals surface area contributed by atoms with Gasteiger partial charge in [0.05, 0.1) is 25.5 Å². The quantitative estimate of drug-likeness (QED) is 0.286. The second-order valence-corrected chi connectivity index (χ2v) is 9.86. The number of urea groups is 1. The minimum absolute atomic E-state index is 0.108. The predicted octanol–water partition coefficient (Wildman–Crippen LogP) is -1.05. The van der Waals surface area contributed by atoms with Gasteiger partial charge in [0, 0.05) is 23.9 Å². The Labute approximate surface area is 205 Å². The molecule has 0 saturated carbocycles. The Morgan fingerprint density at radius 1 is 1.31 bits per heavy atom. The number of methoxy groups -OCH3 is 1. The zero-order valence-electron chi connectivity index (χ0n) is 19.0. The lowest BCUT2D eigenvalue weighted by atomic mass is 9.99. The Kier molecular flexibility index (Phi) is 6.02. The smallest absolute Gasteiger partial charge is 0.323 e. The van der Waals surface area contributed by atoms with E-state index in [-0.39, 0.29) is 35.9 Å². The largest absolute Gasteiger partial charge is 0.497 e. The number of ether oxygens (including phenoxy) is 1. The van der Waals surface area contributed by atoms with Gasteiger partial charge < -0.3 is 20.7 Å². The van der Waals surface area contributed by atoms with Crippen LogP contribution in [0.5, 0.6) is 5.75 Å². The van der Waals surface area contributed by atoms with Gasteiger partial charge in [-0.25, -0.2) is 22.9 Å². The molecule has 1 atom stereocenters. The molecule has 1 aromatic carbocycles. The van der Waals surface area contributed by atoms with Crippen molar-refractivity contribution in [2.75, 3.05) is 25.6 Å². The summed E-state index contributed by atoms with van der Waals surface area (Å²) >= 11 is 0. The molecular weight excluding hydrogens is 492 g/mol. The summed E-state index contributed by atoms with van der Waals surface area (Å²) in [6, 6.07) is 5.44. The number of pyridine rings is 1. The van der Waals surface area contributed by atoms with E-state index in [2.05, 4.69) is 27.5 Å². The Bertz CT molecular complexity index is 1490. The van der Waals surface area contributed by atoms with E-state index >= 15 is 0 Å². The van der Waals surface area contributed by atoms with E-state index in [4.69, 9.17) is 10.5 Å². The van der Waals surface area contributed by atoms with Crippen LogP contribution in [0.4, 0.5) is 10.6 Å². The van der Waals surface area contributed by atoms with E-state index in [0.717, 1.165) is 11.8 Å². The lowest BCUT2D eigenvalue weighted by Crippen LogP contribution is -2.54. The Balaban J connectivity index is 1.65. The van der Waals surface area contributed by atoms with Gasteiger partial charge in [-0.3, -0.25) is 19.7 Å². The summed E-state index contributed by atoms with van der Waals surface area (Å²) in [5.74, 6) is 3.46. The molecule has 2 aromatic rings. The molecule has 3 heterocycles. The molecule has 4 rings (SSSR count). The average Bonchev–Trinajstić information content (AvgIpc) is 3.26.